The zero-order valence-corrected chi connectivity index (χ0v) is 32.9. The van der Waals surface area contributed by atoms with Gasteiger partial charge >= 0.3 is 0 Å². The molecule has 0 saturated heterocycles. The lowest BCUT2D eigenvalue weighted by Gasteiger charge is -2.18. The Bertz CT molecular complexity index is 2690. The third-order valence-corrected chi connectivity index (χ3v) is 13.7. The van der Waals surface area contributed by atoms with Crippen molar-refractivity contribution in [2.24, 2.45) is 0 Å². The highest BCUT2D eigenvalue weighted by Crippen LogP contribution is 2.57. The Morgan fingerprint density at radius 1 is 0.660 bits per heavy atom. The van der Waals surface area contributed by atoms with Crippen LogP contribution >= 0.6 is 45.7 Å². The van der Waals surface area contributed by atoms with Crippen molar-refractivity contribution in [2.45, 2.75) is 26.7 Å². The molecule has 0 bridgehead atoms. The standard InChI is InChI=1S/C40H33N7O2S4/c1-6-25-26(7-2)43-34-32(40-38-37(48-16-17-49-38)39(52-40)22-10-14-24(15-11-22)47(5)20-41)36-35(44-53-45-36)31(33(34)42-25)30-19-29-28(51-30)18-27(50-29)21-8-12-23(13-9-21)46(3)4/h8-15,18-19H,6-7,16-17H2,1-5H3. The van der Waals surface area contributed by atoms with E-state index >= 15 is 0 Å². The highest BCUT2D eigenvalue weighted by Gasteiger charge is 2.32. The number of thiophene rings is 3. The van der Waals surface area contributed by atoms with Gasteiger partial charge in [0.2, 0.25) is 0 Å². The van der Waals surface area contributed by atoms with Gasteiger partial charge < -0.3 is 14.4 Å². The van der Waals surface area contributed by atoms with Crippen LogP contribution in [0, 0.1) is 11.5 Å². The number of anilines is 2. The molecule has 1 aliphatic rings. The second-order valence-corrected chi connectivity index (χ2v) is 16.7. The van der Waals surface area contributed by atoms with Crippen molar-refractivity contribution < 1.29 is 9.47 Å². The maximum Gasteiger partial charge on any atom is 0.183 e. The topological polar surface area (TPSA) is 100 Å². The van der Waals surface area contributed by atoms with Crippen molar-refractivity contribution in [1.82, 2.24) is 18.7 Å². The summed E-state index contributed by atoms with van der Waals surface area (Å²) in [5.74, 6) is 1.41. The van der Waals surface area contributed by atoms with E-state index < -0.39 is 0 Å². The first-order valence-corrected chi connectivity index (χ1v) is 20.5. The predicted octanol–water partition coefficient (Wildman–Crippen LogP) is 10.5. The third kappa shape index (κ3) is 5.59. The molecule has 6 heterocycles. The zero-order valence-electron chi connectivity index (χ0n) is 29.7. The number of ether oxygens (including phenoxy) is 2. The lowest BCUT2D eigenvalue weighted by molar-refractivity contribution is 0.175. The molecular weight excluding hydrogens is 739 g/mol. The number of nitrogens with zero attached hydrogens (tertiary/aromatic N) is 7. The second kappa shape index (κ2) is 13.4. The van der Waals surface area contributed by atoms with Crippen LogP contribution in [0.3, 0.4) is 0 Å². The first-order chi connectivity index (χ1) is 25.9. The summed E-state index contributed by atoms with van der Waals surface area (Å²) in [5.41, 5.74) is 11.2. The molecule has 0 fully saturated rings. The number of benzene rings is 3. The van der Waals surface area contributed by atoms with E-state index in [2.05, 4.69) is 75.4 Å². The van der Waals surface area contributed by atoms with Gasteiger partial charge in [0, 0.05) is 51.5 Å². The van der Waals surface area contributed by atoms with Crippen molar-refractivity contribution in [3.63, 3.8) is 0 Å². The maximum absolute atomic E-state index is 9.40. The Hall–Kier alpha value is -5.13. The van der Waals surface area contributed by atoms with Gasteiger partial charge in [0.05, 0.1) is 44.1 Å². The minimum atomic E-state index is 0.441. The molecule has 0 radical (unpaired) electrons. The van der Waals surface area contributed by atoms with E-state index in [1.807, 2.05) is 24.3 Å². The summed E-state index contributed by atoms with van der Waals surface area (Å²) in [6.07, 6.45) is 3.70. The van der Waals surface area contributed by atoms with Crippen molar-refractivity contribution in [3.8, 4) is 59.5 Å². The summed E-state index contributed by atoms with van der Waals surface area (Å²) < 4.78 is 25.1. The SMILES string of the molecule is CCc1nc2c(-c3cc4sc(-c5ccc(N(C)C)cc5)cc4s3)c3nsnc3c(-c3sc(-c4ccc(N(C)C#N)cc4)c4c3OCCO4)c2nc1CC. The molecule has 5 aromatic heterocycles. The van der Waals surface area contributed by atoms with E-state index in [4.69, 9.17) is 28.2 Å². The molecule has 0 unspecified atom stereocenters. The number of aryl methyl sites for hydroxylation is 2. The lowest BCUT2D eigenvalue weighted by Crippen LogP contribution is -2.15. The molecule has 53 heavy (non-hydrogen) atoms. The highest BCUT2D eigenvalue weighted by atomic mass is 32.1. The van der Waals surface area contributed by atoms with Crippen molar-refractivity contribution >= 4 is 88.6 Å². The summed E-state index contributed by atoms with van der Waals surface area (Å²) in [6, 6.07) is 21.2. The largest absolute Gasteiger partial charge is 0.485 e. The molecular formula is C40H33N7O2S4. The normalized spacial score (nSPS) is 12.5. The summed E-state index contributed by atoms with van der Waals surface area (Å²) in [6.45, 7) is 5.17. The quantitative estimate of drug-likeness (QED) is 0.110. The van der Waals surface area contributed by atoms with E-state index in [1.165, 1.54) is 42.2 Å². The van der Waals surface area contributed by atoms with Crippen LogP contribution in [-0.2, 0) is 12.8 Å². The molecule has 0 atom stereocenters. The van der Waals surface area contributed by atoms with Gasteiger partial charge in [-0.1, -0.05) is 38.1 Å². The monoisotopic (exact) mass is 771 g/mol. The average molecular weight is 772 g/mol. The number of hydrogen-bond acceptors (Lipinski definition) is 13. The zero-order chi connectivity index (χ0) is 36.4. The maximum atomic E-state index is 9.40. The Morgan fingerprint density at radius 2 is 1.21 bits per heavy atom. The first-order valence-electron chi connectivity index (χ1n) is 17.3. The summed E-state index contributed by atoms with van der Waals surface area (Å²) in [5, 5.41) is 9.40. The summed E-state index contributed by atoms with van der Waals surface area (Å²) >= 11 is 6.39. The fraction of sp³-hybridized carbons (Fsp3) is 0.225. The van der Waals surface area contributed by atoms with Crippen LogP contribution in [0.5, 0.6) is 11.5 Å². The van der Waals surface area contributed by atoms with Crippen LogP contribution < -0.4 is 19.3 Å². The van der Waals surface area contributed by atoms with Gasteiger partial charge in [-0.15, -0.1) is 34.0 Å². The Morgan fingerprint density at radius 3 is 1.83 bits per heavy atom. The fourth-order valence-corrected chi connectivity index (χ4v) is 11.1. The number of aromatic nitrogens is 4. The van der Waals surface area contributed by atoms with Crippen LogP contribution in [0.4, 0.5) is 11.4 Å². The highest BCUT2D eigenvalue weighted by molar-refractivity contribution is 7.31. The Balaban J connectivity index is 1.25. The predicted molar refractivity (Wildman–Crippen MR) is 221 cm³/mol. The number of rotatable bonds is 8. The Kier molecular flexibility index (Phi) is 8.50. The van der Waals surface area contributed by atoms with Gasteiger partial charge in [0.15, 0.2) is 17.7 Å². The van der Waals surface area contributed by atoms with Crippen LogP contribution in [0.2, 0.25) is 0 Å². The lowest BCUT2D eigenvalue weighted by atomic mass is 10.0. The number of nitriles is 1. The smallest absolute Gasteiger partial charge is 0.183 e. The number of fused-ring (bicyclic) bond motifs is 4. The van der Waals surface area contributed by atoms with E-state index in [1.54, 1.807) is 41.1 Å². The molecule has 0 aliphatic carbocycles. The van der Waals surface area contributed by atoms with Gasteiger partial charge in [-0.25, -0.2) is 9.97 Å². The summed E-state index contributed by atoms with van der Waals surface area (Å²) in [7, 11) is 5.87. The summed E-state index contributed by atoms with van der Waals surface area (Å²) in [4.78, 5) is 18.6. The van der Waals surface area contributed by atoms with E-state index in [0.29, 0.717) is 24.7 Å². The van der Waals surface area contributed by atoms with E-state index in [0.717, 1.165) is 83.3 Å². The minimum Gasteiger partial charge on any atom is -0.485 e. The van der Waals surface area contributed by atoms with Gasteiger partial charge in [0.25, 0.3) is 0 Å². The molecule has 13 heteroatoms. The van der Waals surface area contributed by atoms with Crippen molar-refractivity contribution in [1.29, 1.82) is 5.26 Å². The van der Waals surface area contributed by atoms with E-state index in [-0.39, 0.29) is 0 Å². The van der Waals surface area contributed by atoms with Gasteiger partial charge in [0.1, 0.15) is 35.3 Å². The minimum absolute atomic E-state index is 0.441. The second-order valence-electron chi connectivity index (χ2n) is 12.9. The van der Waals surface area contributed by atoms with Crippen LogP contribution in [-0.4, -0.2) is 53.1 Å². The molecule has 0 spiro atoms. The molecule has 3 aromatic carbocycles. The fourth-order valence-electron chi connectivity index (χ4n) is 6.83. The van der Waals surface area contributed by atoms with Gasteiger partial charge in [-0.05, 0) is 60.4 Å². The molecule has 9 nitrogen and oxygen atoms in total. The van der Waals surface area contributed by atoms with Crippen LogP contribution in [0.25, 0.3) is 73.2 Å². The van der Waals surface area contributed by atoms with Crippen molar-refractivity contribution in [2.75, 3.05) is 44.2 Å². The molecule has 0 saturated carbocycles. The van der Waals surface area contributed by atoms with Crippen LogP contribution in [0.1, 0.15) is 25.2 Å². The molecule has 9 rings (SSSR count). The molecule has 264 valence electrons. The first kappa shape index (κ1) is 33.7. The Labute approximate surface area is 322 Å². The molecule has 0 amide bonds. The average Bonchev–Trinajstić information content (AvgIpc) is 3.99. The number of hydrogen-bond donors (Lipinski definition) is 0. The van der Waals surface area contributed by atoms with E-state index in [9.17, 15) is 5.26 Å². The third-order valence-electron chi connectivity index (χ3n) is 9.57. The molecule has 0 N–H and O–H groups in total. The van der Waals surface area contributed by atoms with Crippen LogP contribution in [0.15, 0.2) is 60.7 Å². The van der Waals surface area contributed by atoms with Crippen molar-refractivity contribution in [3.05, 3.63) is 72.1 Å². The molecule has 8 aromatic rings. The molecule has 1 aliphatic heterocycles. The van der Waals surface area contributed by atoms with Gasteiger partial charge in [-0.2, -0.15) is 14.0 Å². The van der Waals surface area contributed by atoms with Gasteiger partial charge in [-0.3, -0.25) is 4.90 Å².